The van der Waals surface area contributed by atoms with Gasteiger partial charge >= 0.3 is 0 Å². The maximum atomic E-state index is 11.5. The SMILES string of the molecule is COc1ccc(N2CCC(=O)CC2)c2oc(C#Cc3cccnc3)nc12. The first-order valence-corrected chi connectivity index (χ1v) is 8.41. The average Bonchev–Trinajstić information content (AvgIpc) is 3.11. The van der Waals surface area contributed by atoms with E-state index in [-0.39, 0.29) is 0 Å². The molecule has 6 heteroatoms. The Morgan fingerprint density at radius 3 is 2.77 bits per heavy atom. The molecule has 1 fully saturated rings. The molecule has 3 heterocycles. The van der Waals surface area contributed by atoms with Gasteiger partial charge in [-0.15, -0.1) is 0 Å². The molecule has 0 amide bonds. The van der Waals surface area contributed by atoms with Crippen LogP contribution >= 0.6 is 0 Å². The van der Waals surface area contributed by atoms with Gasteiger partial charge < -0.3 is 14.1 Å². The lowest BCUT2D eigenvalue weighted by atomic mass is 10.1. The number of carbonyl (C=O) groups excluding carboxylic acids is 1. The summed E-state index contributed by atoms with van der Waals surface area (Å²) >= 11 is 0. The maximum absolute atomic E-state index is 11.5. The number of ketones is 1. The van der Waals surface area contributed by atoms with Crippen LogP contribution in [0.5, 0.6) is 5.75 Å². The summed E-state index contributed by atoms with van der Waals surface area (Å²) in [5.74, 6) is 7.19. The van der Waals surface area contributed by atoms with Crippen molar-refractivity contribution in [3.63, 3.8) is 0 Å². The molecular formula is C20H17N3O3. The van der Waals surface area contributed by atoms with Gasteiger partial charge in [-0.05, 0) is 30.2 Å². The van der Waals surface area contributed by atoms with Crippen LogP contribution in [0.3, 0.4) is 0 Å². The molecule has 0 spiro atoms. The summed E-state index contributed by atoms with van der Waals surface area (Å²) in [4.78, 5) is 22.2. The molecule has 1 saturated heterocycles. The molecule has 1 aliphatic heterocycles. The molecule has 0 radical (unpaired) electrons. The second kappa shape index (κ2) is 6.89. The highest BCUT2D eigenvalue weighted by Gasteiger charge is 2.22. The fourth-order valence-corrected chi connectivity index (χ4v) is 3.00. The van der Waals surface area contributed by atoms with E-state index in [9.17, 15) is 4.79 Å². The minimum atomic E-state index is 0.298. The van der Waals surface area contributed by atoms with Crippen molar-refractivity contribution in [2.24, 2.45) is 0 Å². The smallest absolute Gasteiger partial charge is 0.274 e. The molecule has 1 aliphatic rings. The van der Waals surface area contributed by atoms with E-state index in [0.29, 0.717) is 54.5 Å². The van der Waals surface area contributed by atoms with Crippen LogP contribution < -0.4 is 9.64 Å². The number of fused-ring (bicyclic) bond motifs is 1. The van der Waals surface area contributed by atoms with Gasteiger partial charge in [0.1, 0.15) is 11.5 Å². The number of piperidine rings is 1. The largest absolute Gasteiger partial charge is 0.494 e. The standard InChI is InChI=1S/C20H17N3O3/c1-25-17-6-5-16(23-11-8-15(24)9-12-23)20-19(17)22-18(26-20)7-4-14-3-2-10-21-13-14/h2-3,5-6,10,13H,8-9,11-12H2,1H3. The quantitative estimate of drug-likeness (QED) is 0.664. The van der Waals surface area contributed by atoms with E-state index in [2.05, 4.69) is 26.7 Å². The summed E-state index contributed by atoms with van der Waals surface area (Å²) in [5, 5.41) is 0. The number of pyridine rings is 1. The number of rotatable bonds is 2. The molecule has 6 nitrogen and oxygen atoms in total. The van der Waals surface area contributed by atoms with Gasteiger partial charge in [-0.1, -0.05) is 5.92 Å². The Bertz CT molecular complexity index is 1010. The van der Waals surface area contributed by atoms with Crippen molar-refractivity contribution in [3.05, 3.63) is 48.1 Å². The Balaban J connectivity index is 1.74. The van der Waals surface area contributed by atoms with Crippen LogP contribution in [0.1, 0.15) is 24.3 Å². The van der Waals surface area contributed by atoms with Crippen LogP contribution in [0.15, 0.2) is 41.1 Å². The van der Waals surface area contributed by atoms with Gasteiger partial charge in [-0.2, -0.15) is 4.98 Å². The van der Waals surface area contributed by atoms with Crippen molar-refractivity contribution in [1.29, 1.82) is 0 Å². The number of nitrogens with zero attached hydrogens (tertiary/aromatic N) is 3. The van der Waals surface area contributed by atoms with Crippen LogP contribution in [0.2, 0.25) is 0 Å². The molecule has 0 aliphatic carbocycles. The summed E-state index contributed by atoms with van der Waals surface area (Å²) in [6.07, 6.45) is 4.49. The number of benzene rings is 1. The van der Waals surface area contributed by atoms with Gasteiger partial charge in [-0.3, -0.25) is 9.78 Å². The van der Waals surface area contributed by atoms with E-state index in [1.54, 1.807) is 19.5 Å². The normalized spacial score (nSPS) is 14.2. The Morgan fingerprint density at radius 1 is 1.19 bits per heavy atom. The van der Waals surface area contributed by atoms with E-state index < -0.39 is 0 Å². The molecule has 0 bridgehead atoms. The van der Waals surface area contributed by atoms with Crippen molar-refractivity contribution < 1.29 is 13.9 Å². The number of ether oxygens (including phenoxy) is 1. The highest BCUT2D eigenvalue weighted by Crippen LogP contribution is 2.34. The fourth-order valence-electron chi connectivity index (χ4n) is 3.00. The van der Waals surface area contributed by atoms with Crippen LogP contribution in [0, 0.1) is 11.8 Å². The average molecular weight is 347 g/mol. The number of anilines is 1. The molecule has 0 atom stereocenters. The van der Waals surface area contributed by atoms with Crippen molar-refractivity contribution in [3.8, 4) is 17.6 Å². The highest BCUT2D eigenvalue weighted by atomic mass is 16.5. The van der Waals surface area contributed by atoms with Crippen LogP contribution in [-0.4, -0.2) is 36.0 Å². The zero-order valence-corrected chi connectivity index (χ0v) is 14.4. The van der Waals surface area contributed by atoms with E-state index in [1.807, 2.05) is 24.3 Å². The third kappa shape index (κ3) is 3.11. The van der Waals surface area contributed by atoms with E-state index in [0.717, 1.165) is 11.3 Å². The number of oxazole rings is 1. The third-order valence-corrected chi connectivity index (χ3v) is 4.34. The molecule has 4 rings (SSSR count). The summed E-state index contributed by atoms with van der Waals surface area (Å²) in [7, 11) is 1.60. The highest BCUT2D eigenvalue weighted by molar-refractivity contribution is 5.92. The minimum absolute atomic E-state index is 0.298. The lowest BCUT2D eigenvalue weighted by molar-refractivity contribution is -0.119. The van der Waals surface area contributed by atoms with Crippen LogP contribution in [-0.2, 0) is 4.79 Å². The molecule has 2 aromatic heterocycles. The van der Waals surface area contributed by atoms with E-state index in [1.165, 1.54) is 0 Å². The zero-order valence-electron chi connectivity index (χ0n) is 14.4. The van der Waals surface area contributed by atoms with Gasteiger partial charge in [0.15, 0.2) is 11.1 Å². The van der Waals surface area contributed by atoms with Crippen molar-refractivity contribution >= 4 is 22.6 Å². The summed E-state index contributed by atoms with van der Waals surface area (Å²) < 4.78 is 11.3. The topological polar surface area (TPSA) is 68.5 Å². The first-order chi connectivity index (χ1) is 12.7. The monoisotopic (exact) mass is 347 g/mol. The number of hydrogen-bond acceptors (Lipinski definition) is 6. The first kappa shape index (κ1) is 16.2. The Morgan fingerprint density at radius 2 is 2.04 bits per heavy atom. The summed E-state index contributed by atoms with van der Waals surface area (Å²) in [6.45, 7) is 1.36. The van der Waals surface area contributed by atoms with Gasteiger partial charge in [0, 0.05) is 43.9 Å². The Kier molecular flexibility index (Phi) is 4.28. The Hall–Kier alpha value is -3.33. The number of aromatic nitrogens is 2. The number of methoxy groups -OCH3 is 1. The minimum Gasteiger partial charge on any atom is -0.494 e. The van der Waals surface area contributed by atoms with Gasteiger partial charge in [0.05, 0.1) is 12.8 Å². The lowest BCUT2D eigenvalue weighted by Crippen LogP contribution is -2.33. The molecule has 0 unspecified atom stereocenters. The number of carbonyl (C=O) groups is 1. The van der Waals surface area contributed by atoms with Crippen molar-refractivity contribution in [2.75, 3.05) is 25.1 Å². The van der Waals surface area contributed by atoms with Crippen molar-refractivity contribution in [1.82, 2.24) is 9.97 Å². The maximum Gasteiger partial charge on any atom is 0.274 e. The third-order valence-electron chi connectivity index (χ3n) is 4.34. The molecule has 3 aromatic rings. The molecule has 26 heavy (non-hydrogen) atoms. The predicted molar refractivity (Wildman–Crippen MR) is 97.2 cm³/mol. The lowest BCUT2D eigenvalue weighted by Gasteiger charge is -2.28. The fraction of sp³-hybridized carbons (Fsp3) is 0.250. The van der Waals surface area contributed by atoms with Gasteiger partial charge in [0.2, 0.25) is 0 Å². The molecule has 130 valence electrons. The Labute approximate surface area is 150 Å². The number of hydrogen-bond donors (Lipinski definition) is 0. The van der Waals surface area contributed by atoms with Gasteiger partial charge in [0.25, 0.3) is 5.89 Å². The van der Waals surface area contributed by atoms with Crippen molar-refractivity contribution in [2.45, 2.75) is 12.8 Å². The van der Waals surface area contributed by atoms with Crippen LogP contribution in [0.4, 0.5) is 5.69 Å². The van der Waals surface area contributed by atoms with E-state index in [4.69, 9.17) is 9.15 Å². The molecule has 0 saturated carbocycles. The second-order valence-electron chi connectivity index (χ2n) is 6.00. The number of Topliss-reactive ketones (excluding diaryl/α,β-unsaturated/α-hetero) is 1. The molecular weight excluding hydrogens is 330 g/mol. The van der Waals surface area contributed by atoms with E-state index >= 15 is 0 Å². The predicted octanol–water partition coefficient (Wildman–Crippen LogP) is 2.80. The van der Waals surface area contributed by atoms with Crippen LogP contribution in [0.25, 0.3) is 11.1 Å². The molecule has 0 N–H and O–H groups in total. The summed E-state index contributed by atoms with van der Waals surface area (Å²) in [6, 6.07) is 7.52. The molecule has 1 aromatic carbocycles. The zero-order chi connectivity index (χ0) is 17.9. The second-order valence-corrected chi connectivity index (χ2v) is 6.00. The first-order valence-electron chi connectivity index (χ1n) is 8.41. The van der Waals surface area contributed by atoms with Gasteiger partial charge in [-0.25, -0.2) is 0 Å². The summed E-state index contributed by atoms with van der Waals surface area (Å²) in [5.41, 5.74) is 2.97.